The molecule has 12 N–H and O–H groups in total. The van der Waals surface area contributed by atoms with Crippen molar-refractivity contribution in [2.75, 3.05) is 26.4 Å². The van der Waals surface area contributed by atoms with E-state index in [2.05, 4.69) is 153 Å². The number of carbonyl (C=O) groups is 1. The standard InChI is InChI=1S/C88H147NO18/c1-3-5-7-9-11-13-15-17-19-21-23-25-26-27-28-29-30-31-32-33-34-35-36-37-38-39-40-41-42-43-44-46-48-50-52-54-56-58-60-62-64-66-76(94)89-71(72(93)65-63-61-59-57-55-53-51-49-47-45-24-22-20-18-16-14-12-10-8-6-4-2)70-102-86-82(100)79(97)84(74(68-91)104-86)107-88-83(101)80(98)85(75(69-92)105-88)106-87-81(99)78(96)77(95)73(67-90)103-87/h5,7,11,13,17,19,23,25,27-28,30-31,33-34,36-37,39-40,42-43,46,48,63,65,71-75,77-88,90-93,95-101H,3-4,6,8-10,12,14-16,18,20-22,24,26,29,32,35,38,41,44-45,47,49-62,64,66-70H2,1-2H3,(H,89,94)/b7-5-,13-11-,19-17-,25-23-,28-27-,31-30-,34-33-,37-36-,40-39-,43-42-,48-46-,65-63+. The molecule has 0 aromatic carbocycles. The molecule has 0 aromatic heterocycles. The number of allylic oxidation sites excluding steroid dienone is 23. The van der Waals surface area contributed by atoms with Crippen LogP contribution in [0.15, 0.2) is 146 Å². The molecule has 3 fully saturated rings. The largest absolute Gasteiger partial charge is 0.394 e. The van der Waals surface area contributed by atoms with Crippen LogP contribution in [0.2, 0.25) is 0 Å². The third-order valence-electron chi connectivity index (χ3n) is 19.6. The minimum atomic E-state index is -1.99. The second kappa shape index (κ2) is 66.3. The molecule has 3 aliphatic rings. The van der Waals surface area contributed by atoms with Crippen molar-refractivity contribution in [3.8, 4) is 0 Å². The van der Waals surface area contributed by atoms with E-state index in [9.17, 15) is 61.0 Å². The molecule has 3 rings (SSSR count). The van der Waals surface area contributed by atoms with Crippen LogP contribution in [0.3, 0.4) is 0 Å². The fourth-order valence-electron chi connectivity index (χ4n) is 13.0. The van der Waals surface area contributed by atoms with E-state index >= 15 is 0 Å². The number of hydrogen-bond acceptors (Lipinski definition) is 18. The van der Waals surface area contributed by atoms with E-state index in [1.165, 1.54) is 103 Å². The summed E-state index contributed by atoms with van der Waals surface area (Å²) in [6.07, 6.45) is 69.6. The Bertz CT molecular complexity index is 2500. The molecule has 107 heavy (non-hydrogen) atoms. The Morgan fingerprint density at radius 2 is 0.645 bits per heavy atom. The molecular weight excluding hydrogens is 1360 g/mol. The summed E-state index contributed by atoms with van der Waals surface area (Å²) in [6, 6.07) is -0.991. The molecule has 0 radical (unpaired) electrons. The number of nitrogens with one attached hydrogen (secondary N) is 1. The molecule has 19 heteroatoms. The van der Waals surface area contributed by atoms with E-state index < -0.39 is 124 Å². The van der Waals surface area contributed by atoms with Gasteiger partial charge in [0.2, 0.25) is 5.91 Å². The molecule has 17 unspecified atom stereocenters. The van der Waals surface area contributed by atoms with Gasteiger partial charge in [0.15, 0.2) is 18.9 Å². The van der Waals surface area contributed by atoms with Gasteiger partial charge < -0.3 is 89.9 Å². The second-order valence-electron chi connectivity index (χ2n) is 28.9. The van der Waals surface area contributed by atoms with E-state index in [-0.39, 0.29) is 18.9 Å². The highest BCUT2D eigenvalue weighted by atomic mass is 16.8. The molecule has 19 nitrogen and oxygen atoms in total. The van der Waals surface area contributed by atoms with Gasteiger partial charge in [-0.2, -0.15) is 0 Å². The Hall–Kier alpha value is -4.33. The Morgan fingerprint density at radius 3 is 1.01 bits per heavy atom. The minimum Gasteiger partial charge on any atom is -0.394 e. The van der Waals surface area contributed by atoms with Crippen molar-refractivity contribution in [2.24, 2.45) is 0 Å². The Morgan fingerprint density at radius 1 is 0.346 bits per heavy atom. The smallest absolute Gasteiger partial charge is 0.220 e. The minimum absolute atomic E-state index is 0.222. The van der Waals surface area contributed by atoms with E-state index in [0.29, 0.717) is 6.42 Å². The topological polar surface area (TPSA) is 307 Å². The van der Waals surface area contributed by atoms with Crippen LogP contribution in [0.25, 0.3) is 0 Å². The predicted octanol–water partition coefficient (Wildman–Crippen LogP) is 14.6. The van der Waals surface area contributed by atoms with E-state index in [0.717, 1.165) is 141 Å². The summed E-state index contributed by atoms with van der Waals surface area (Å²) in [5.74, 6) is -0.291. The van der Waals surface area contributed by atoms with Gasteiger partial charge in [0.1, 0.15) is 73.2 Å². The molecular formula is C88H147NO18. The van der Waals surface area contributed by atoms with E-state index in [1.807, 2.05) is 6.08 Å². The lowest BCUT2D eigenvalue weighted by atomic mass is 9.96. The highest BCUT2D eigenvalue weighted by Crippen LogP contribution is 2.33. The Labute approximate surface area is 644 Å². The van der Waals surface area contributed by atoms with Crippen molar-refractivity contribution >= 4 is 5.91 Å². The van der Waals surface area contributed by atoms with Crippen LogP contribution in [-0.4, -0.2) is 193 Å². The molecule has 1 amide bonds. The summed E-state index contributed by atoms with van der Waals surface area (Å²) in [4.78, 5) is 13.5. The van der Waals surface area contributed by atoms with Gasteiger partial charge in [0.05, 0.1) is 38.6 Å². The fourth-order valence-corrected chi connectivity index (χ4v) is 13.0. The molecule has 0 bridgehead atoms. The van der Waals surface area contributed by atoms with Gasteiger partial charge in [0, 0.05) is 6.42 Å². The lowest BCUT2D eigenvalue weighted by molar-refractivity contribution is -0.379. The average molecular weight is 1510 g/mol. The van der Waals surface area contributed by atoms with Crippen LogP contribution in [0.4, 0.5) is 0 Å². The predicted molar refractivity (Wildman–Crippen MR) is 429 cm³/mol. The first kappa shape index (κ1) is 96.9. The number of carbonyl (C=O) groups excluding carboxylic acids is 1. The van der Waals surface area contributed by atoms with Gasteiger partial charge in [-0.05, 0) is 103 Å². The van der Waals surface area contributed by atoms with Crippen molar-refractivity contribution in [2.45, 2.75) is 375 Å². The molecule has 3 aliphatic heterocycles. The third kappa shape index (κ3) is 45.7. The van der Waals surface area contributed by atoms with Crippen LogP contribution in [-0.2, 0) is 33.2 Å². The second-order valence-corrected chi connectivity index (χ2v) is 28.9. The van der Waals surface area contributed by atoms with Crippen LogP contribution in [0.5, 0.6) is 0 Å². The highest BCUT2D eigenvalue weighted by molar-refractivity contribution is 5.76. The lowest BCUT2D eigenvalue weighted by Crippen LogP contribution is -2.66. The van der Waals surface area contributed by atoms with Gasteiger partial charge in [-0.1, -0.05) is 307 Å². The first-order valence-corrected chi connectivity index (χ1v) is 41.6. The van der Waals surface area contributed by atoms with Crippen molar-refractivity contribution in [3.63, 3.8) is 0 Å². The van der Waals surface area contributed by atoms with Gasteiger partial charge in [-0.3, -0.25) is 4.79 Å². The lowest BCUT2D eigenvalue weighted by Gasteiger charge is -2.48. The maximum atomic E-state index is 13.5. The molecule has 0 aromatic rings. The Balaban J connectivity index is 1.35. The quantitative estimate of drug-likeness (QED) is 0.0199. The first-order chi connectivity index (χ1) is 52.3. The number of rotatable bonds is 64. The van der Waals surface area contributed by atoms with Crippen molar-refractivity contribution < 1.29 is 89.4 Å². The van der Waals surface area contributed by atoms with Gasteiger partial charge in [-0.25, -0.2) is 0 Å². The SMILES string of the molecule is CC/C=C\C/C=C\C/C=C\C/C=C\C/C=C\C/C=C\C/C=C\C/C=C\C/C=C\C/C=C\C/C=C\CCCCCCCCCC(=O)NC(COC1OC(CO)C(OC2OC(CO)C(OC3OC(CO)C(O)C(O)C3O)C(O)C2O)C(O)C1O)C(O)/C=C/CCCCCCCCCCCCCCCCCCCCC. The summed E-state index contributed by atoms with van der Waals surface area (Å²) in [5, 5.41) is 121. The summed E-state index contributed by atoms with van der Waals surface area (Å²) in [6.45, 7) is 1.62. The zero-order valence-electron chi connectivity index (χ0n) is 65.6. The normalized spacial score (nSPS) is 26.3. The number of aliphatic hydroxyl groups excluding tert-OH is 11. The fraction of sp³-hybridized carbons (Fsp3) is 0.716. The molecule has 17 atom stereocenters. The van der Waals surface area contributed by atoms with Crippen LogP contribution < -0.4 is 5.32 Å². The number of unbranched alkanes of at least 4 members (excludes halogenated alkanes) is 26. The maximum Gasteiger partial charge on any atom is 0.220 e. The summed E-state index contributed by atoms with van der Waals surface area (Å²) in [5.41, 5.74) is 0. The molecule has 0 aliphatic carbocycles. The Kier molecular flexibility index (Phi) is 60.0. The average Bonchev–Trinajstić information content (AvgIpc) is 0.782. The molecule has 3 heterocycles. The molecule has 0 spiro atoms. The molecule has 612 valence electrons. The van der Waals surface area contributed by atoms with Crippen LogP contribution >= 0.6 is 0 Å². The van der Waals surface area contributed by atoms with Crippen molar-refractivity contribution in [1.82, 2.24) is 5.32 Å². The third-order valence-corrected chi connectivity index (χ3v) is 19.6. The van der Waals surface area contributed by atoms with Crippen LogP contribution in [0.1, 0.15) is 271 Å². The van der Waals surface area contributed by atoms with Gasteiger partial charge in [-0.15, -0.1) is 0 Å². The number of hydrogen-bond donors (Lipinski definition) is 12. The van der Waals surface area contributed by atoms with Crippen LogP contribution in [0, 0.1) is 0 Å². The number of aliphatic hydroxyl groups is 11. The molecule has 0 saturated carbocycles. The van der Waals surface area contributed by atoms with Crippen molar-refractivity contribution in [1.29, 1.82) is 0 Å². The zero-order chi connectivity index (χ0) is 77.4. The molecule has 3 saturated heterocycles. The first-order valence-electron chi connectivity index (χ1n) is 41.6. The monoisotopic (exact) mass is 1510 g/mol. The zero-order valence-corrected chi connectivity index (χ0v) is 65.6. The van der Waals surface area contributed by atoms with Gasteiger partial charge >= 0.3 is 0 Å². The summed E-state index contributed by atoms with van der Waals surface area (Å²) in [7, 11) is 0. The highest BCUT2D eigenvalue weighted by Gasteiger charge is 2.54. The van der Waals surface area contributed by atoms with E-state index in [4.69, 9.17) is 28.4 Å². The number of ether oxygens (including phenoxy) is 6. The maximum absolute atomic E-state index is 13.5. The summed E-state index contributed by atoms with van der Waals surface area (Å²) >= 11 is 0. The van der Waals surface area contributed by atoms with Gasteiger partial charge in [0.25, 0.3) is 0 Å². The van der Waals surface area contributed by atoms with E-state index in [1.54, 1.807) is 6.08 Å². The van der Waals surface area contributed by atoms with Crippen molar-refractivity contribution in [3.05, 3.63) is 146 Å². The summed E-state index contributed by atoms with van der Waals surface area (Å²) < 4.78 is 34.4. The number of amides is 1.